The van der Waals surface area contributed by atoms with E-state index in [9.17, 15) is 0 Å². The molecule has 1 atom stereocenters. The topological polar surface area (TPSA) is 9.23 Å². The molecule has 0 aromatic heterocycles. The Labute approximate surface area is 122 Å². The number of benzene rings is 1. The van der Waals surface area contributed by atoms with Gasteiger partial charge in [0.25, 0.3) is 0 Å². The van der Waals surface area contributed by atoms with Crippen molar-refractivity contribution in [2.45, 2.75) is 40.5 Å². The van der Waals surface area contributed by atoms with Crippen molar-refractivity contribution in [1.29, 1.82) is 0 Å². The van der Waals surface area contributed by atoms with Gasteiger partial charge in [0.15, 0.2) is 0 Å². The molecule has 106 valence electrons. The van der Waals surface area contributed by atoms with Gasteiger partial charge in [0.1, 0.15) is 5.75 Å². The van der Waals surface area contributed by atoms with Crippen LogP contribution >= 0.6 is 0 Å². The minimum Gasteiger partial charge on any atom is -0.496 e. The molecule has 0 bridgehead atoms. The lowest BCUT2D eigenvalue weighted by Gasteiger charge is -2.31. The van der Waals surface area contributed by atoms with Crippen LogP contribution in [0.3, 0.4) is 0 Å². The maximum Gasteiger partial charge on any atom is 0.126 e. The first-order chi connectivity index (χ1) is 9.46. The van der Waals surface area contributed by atoms with E-state index in [0.29, 0.717) is 5.92 Å². The Kier molecular flexibility index (Phi) is 3.04. The first-order valence-electron chi connectivity index (χ1n) is 7.58. The highest BCUT2D eigenvalue weighted by atomic mass is 16.5. The van der Waals surface area contributed by atoms with Gasteiger partial charge in [0, 0.05) is 11.0 Å². The van der Waals surface area contributed by atoms with Crippen molar-refractivity contribution in [2.75, 3.05) is 7.11 Å². The van der Waals surface area contributed by atoms with Gasteiger partial charge >= 0.3 is 0 Å². The zero-order valence-corrected chi connectivity index (χ0v) is 13.2. The van der Waals surface area contributed by atoms with E-state index in [1.807, 2.05) is 0 Å². The predicted molar refractivity (Wildman–Crippen MR) is 85.9 cm³/mol. The van der Waals surface area contributed by atoms with Crippen LogP contribution < -0.4 is 4.74 Å². The predicted octanol–water partition coefficient (Wildman–Crippen LogP) is 5.24. The number of fused-ring (bicyclic) bond motifs is 3. The smallest absolute Gasteiger partial charge is 0.126 e. The molecule has 0 saturated heterocycles. The summed E-state index contributed by atoms with van der Waals surface area (Å²) >= 11 is 0. The molecule has 3 rings (SSSR count). The first-order valence-corrected chi connectivity index (χ1v) is 7.58. The second-order valence-corrected chi connectivity index (χ2v) is 6.73. The van der Waals surface area contributed by atoms with Gasteiger partial charge in [-0.3, -0.25) is 0 Å². The van der Waals surface area contributed by atoms with Gasteiger partial charge in [0.05, 0.1) is 7.11 Å². The summed E-state index contributed by atoms with van der Waals surface area (Å²) in [6.07, 6.45) is 7.11. The molecule has 0 fully saturated rings. The van der Waals surface area contributed by atoms with E-state index in [1.165, 1.54) is 29.5 Å². The van der Waals surface area contributed by atoms with Crippen molar-refractivity contribution in [1.82, 2.24) is 0 Å². The molecule has 1 aromatic carbocycles. The third-order valence-electron chi connectivity index (χ3n) is 4.90. The summed E-state index contributed by atoms with van der Waals surface area (Å²) in [5.41, 5.74) is 7.34. The van der Waals surface area contributed by atoms with Crippen molar-refractivity contribution in [3.05, 3.63) is 40.5 Å². The van der Waals surface area contributed by atoms with Crippen LogP contribution in [0.4, 0.5) is 0 Å². The number of hydrogen-bond donors (Lipinski definition) is 0. The van der Waals surface area contributed by atoms with Crippen LogP contribution in [-0.2, 0) is 0 Å². The molecule has 0 aliphatic heterocycles. The summed E-state index contributed by atoms with van der Waals surface area (Å²) in [6.45, 7) is 9.17. The van der Waals surface area contributed by atoms with Crippen molar-refractivity contribution in [3.63, 3.8) is 0 Å². The summed E-state index contributed by atoms with van der Waals surface area (Å²) < 4.78 is 5.60. The highest BCUT2D eigenvalue weighted by Crippen LogP contribution is 2.55. The van der Waals surface area contributed by atoms with Gasteiger partial charge < -0.3 is 4.74 Å². The van der Waals surface area contributed by atoms with Crippen molar-refractivity contribution < 1.29 is 4.74 Å². The van der Waals surface area contributed by atoms with Gasteiger partial charge in [-0.05, 0) is 48.4 Å². The lowest BCUT2D eigenvalue weighted by molar-refractivity contribution is 0.413. The molecule has 0 saturated carbocycles. The fourth-order valence-corrected chi connectivity index (χ4v) is 3.82. The minimum atomic E-state index is 0.214. The Bertz CT molecular complexity index is 619. The molecular formula is C19H24O. The number of rotatable bonds is 2. The number of ether oxygens (including phenoxy) is 1. The Morgan fingerprint density at radius 1 is 1.25 bits per heavy atom. The van der Waals surface area contributed by atoms with E-state index in [0.717, 1.165) is 5.75 Å². The molecule has 20 heavy (non-hydrogen) atoms. The maximum atomic E-state index is 5.60. The van der Waals surface area contributed by atoms with E-state index in [1.54, 1.807) is 18.3 Å². The van der Waals surface area contributed by atoms with Crippen LogP contribution in [0.15, 0.2) is 23.8 Å². The quantitative estimate of drug-likeness (QED) is 0.712. The molecule has 2 aliphatic rings. The van der Waals surface area contributed by atoms with Crippen LogP contribution in [0.5, 0.6) is 5.75 Å². The standard InChI is InChI=1S/C19H24O/c1-12(2)14-6-8-19(4)9-7-15-16(18(14)19)10-13(3)11-17(15)20-5/h7,9-12H,6,8H2,1-5H3/t19-/m0/s1. The fourth-order valence-electron chi connectivity index (χ4n) is 3.82. The maximum absolute atomic E-state index is 5.60. The minimum absolute atomic E-state index is 0.214. The highest BCUT2D eigenvalue weighted by Gasteiger charge is 2.39. The Balaban J connectivity index is 2.31. The Hall–Kier alpha value is -1.50. The largest absolute Gasteiger partial charge is 0.496 e. The number of aryl methyl sites for hydroxylation is 1. The fraction of sp³-hybridized carbons (Fsp3) is 0.474. The van der Waals surface area contributed by atoms with Crippen LogP contribution in [0.25, 0.3) is 11.6 Å². The summed E-state index contributed by atoms with van der Waals surface area (Å²) in [6, 6.07) is 4.47. The molecular weight excluding hydrogens is 244 g/mol. The molecule has 0 N–H and O–H groups in total. The molecule has 0 radical (unpaired) electrons. The lowest BCUT2D eigenvalue weighted by Crippen LogP contribution is -2.16. The average molecular weight is 268 g/mol. The third kappa shape index (κ3) is 1.83. The Morgan fingerprint density at radius 2 is 2.00 bits per heavy atom. The molecule has 2 aliphatic carbocycles. The van der Waals surface area contributed by atoms with Gasteiger partial charge in [-0.1, -0.05) is 44.6 Å². The monoisotopic (exact) mass is 268 g/mol. The van der Waals surface area contributed by atoms with Gasteiger partial charge in [-0.25, -0.2) is 0 Å². The van der Waals surface area contributed by atoms with Gasteiger partial charge in [-0.2, -0.15) is 0 Å². The second kappa shape index (κ2) is 4.51. The molecule has 1 heteroatoms. The Morgan fingerprint density at radius 3 is 2.65 bits per heavy atom. The summed E-state index contributed by atoms with van der Waals surface area (Å²) in [4.78, 5) is 0. The van der Waals surface area contributed by atoms with E-state index >= 15 is 0 Å². The van der Waals surface area contributed by atoms with Gasteiger partial charge in [0.2, 0.25) is 0 Å². The van der Waals surface area contributed by atoms with Crippen molar-refractivity contribution >= 4 is 11.6 Å². The summed E-state index contributed by atoms with van der Waals surface area (Å²) in [5.74, 6) is 1.62. The van der Waals surface area contributed by atoms with Crippen molar-refractivity contribution in [2.24, 2.45) is 11.3 Å². The molecule has 0 spiro atoms. The zero-order chi connectivity index (χ0) is 14.5. The summed E-state index contributed by atoms with van der Waals surface area (Å²) in [5, 5.41) is 0. The van der Waals surface area contributed by atoms with Crippen molar-refractivity contribution in [3.8, 4) is 5.75 Å². The zero-order valence-electron chi connectivity index (χ0n) is 13.2. The van der Waals surface area contributed by atoms with Gasteiger partial charge in [-0.15, -0.1) is 0 Å². The number of hydrogen-bond acceptors (Lipinski definition) is 1. The molecule has 0 heterocycles. The van der Waals surface area contributed by atoms with E-state index in [4.69, 9.17) is 4.74 Å². The number of methoxy groups -OCH3 is 1. The van der Waals surface area contributed by atoms with E-state index in [2.05, 4.69) is 52.0 Å². The first kappa shape index (κ1) is 13.5. The van der Waals surface area contributed by atoms with Crippen LogP contribution in [0.2, 0.25) is 0 Å². The lowest BCUT2D eigenvalue weighted by atomic mass is 9.73. The molecule has 0 unspecified atom stereocenters. The number of allylic oxidation sites excluding steroid dienone is 3. The molecule has 1 aromatic rings. The SMILES string of the molecule is COc1cc(C)cc2c1C=C[C@]1(C)CCC(C(C)C)=C21. The highest BCUT2D eigenvalue weighted by molar-refractivity contribution is 5.88. The third-order valence-corrected chi connectivity index (χ3v) is 4.90. The van der Waals surface area contributed by atoms with Crippen LogP contribution in [0, 0.1) is 18.3 Å². The normalized spacial score (nSPS) is 24.1. The average Bonchev–Trinajstić information content (AvgIpc) is 2.75. The molecule has 0 amide bonds. The van der Waals surface area contributed by atoms with E-state index in [-0.39, 0.29) is 5.41 Å². The second-order valence-electron chi connectivity index (χ2n) is 6.73. The van der Waals surface area contributed by atoms with Crippen LogP contribution in [-0.4, -0.2) is 7.11 Å². The molecule has 1 nitrogen and oxygen atoms in total. The van der Waals surface area contributed by atoms with Crippen LogP contribution in [0.1, 0.15) is 50.3 Å². The summed E-state index contributed by atoms with van der Waals surface area (Å²) in [7, 11) is 1.77. The van der Waals surface area contributed by atoms with E-state index < -0.39 is 0 Å².